The maximum Gasteiger partial charge on any atom is 0.499 e. The van der Waals surface area contributed by atoms with Gasteiger partial charge in [-0.3, -0.25) is 0 Å². The SMILES string of the molecule is C[n+]1cc2c3n(c1=O)CC[C@@H](O)N3CC[C@H]2O. The molecule has 0 saturated carbocycles. The van der Waals surface area contributed by atoms with E-state index in [4.69, 9.17) is 0 Å². The lowest BCUT2D eigenvalue weighted by Gasteiger charge is -2.38. The normalized spacial score (nSPS) is 26.9. The molecule has 2 aliphatic rings. The van der Waals surface area contributed by atoms with Crippen molar-refractivity contribution >= 4 is 5.82 Å². The molecule has 0 spiro atoms. The van der Waals surface area contributed by atoms with Gasteiger partial charge < -0.3 is 15.1 Å². The third-order valence-corrected chi connectivity index (χ3v) is 3.62. The summed E-state index contributed by atoms with van der Waals surface area (Å²) in [5, 5.41) is 19.9. The van der Waals surface area contributed by atoms with Gasteiger partial charge in [0.2, 0.25) is 5.82 Å². The molecule has 2 aliphatic heterocycles. The highest BCUT2D eigenvalue weighted by Crippen LogP contribution is 2.35. The number of rotatable bonds is 0. The van der Waals surface area contributed by atoms with Crippen LogP contribution in [0.3, 0.4) is 0 Å². The maximum absolute atomic E-state index is 12.0. The van der Waals surface area contributed by atoms with Gasteiger partial charge in [-0.25, -0.2) is 4.57 Å². The Labute approximate surface area is 98.3 Å². The summed E-state index contributed by atoms with van der Waals surface area (Å²) in [5.74, 6) is 0.686. The Balaban J connectivity index is 2.30. The van der Waals surface area contributed by atoms with Gasteiger partial charge in [-0.05, 0) is 6.42 Å². The number of nitrogens with zero attached hydrogens (tertiary/aromatic N) is 3. The van der Waals surface area contributed by atoms with Crippen LogP contribution in [0, 0.1) is 0 Å². The molecule has 2 atom stereocenters. The summed E-state index contributed by atoms with van der Waals surface area (Å²) in [6.07, 6.45) is 1.70. The highest BCUT2D eigenvalue weighted by atomic mass is 16.3. The van der Waals surface area contributed by atoms with E-state index >= 15 is 0 Å². The number of hydrogen-bond donors (Lipinski definition) is 2. The summed E-state index contributed by atoms with van der Waals surface area (Å²) >= 11 is 0. The molecule has 0 aromatic carbocycles. The molecule has 17 heavy (non-hydrogen) atoms. The van der Waals surface area contributed by atoms with E-state index in [1.807, 2.05) is 4.90 Å². The van der Waals surface area contributed by atoms with E-state index in [1.54, 1.807) is 17.8 Å². The van der Waals surface area contributed by atoms with Crippen molar-refractivity contribution in [2.24, 2.45) is 7.05 Å². The highest BCUT2D eigenvalue weighted by molar-refractivity contribution is 5.51. The Morgan fingerprint density at radius 1 is 1.35 bits per heavy atom. The predicted octanol–water partition coefficient (Wildman–Crippen LogP) is -1.36. The van der Waals surface area contributed by atoms with Crippen molar-refractivity contribution in [3.05, 3.63) is 22.2 Å². The molecule has 0 fully saturated rings. The van der Waals surface area contributed by atoms with Gasteiger partial charge in [0.25, 0.3) is 0 Å². The Hall–Kier alpha value is -1.40. The molecule has 0 radical (unpaired) electrons. The van der Waals surface area contributed by atoms with Crippen molar-refractivity contribution in [1.29, 1.82) is 0 Å². The summed E-state index contributed by atoms with van der Waals surface area (Å²) < 4.78 is 3.13. The average molecular weight is 238 g/mol. The molecule has 6 nitrogen and oxygen atoms in total. The zero-order valence-electron chi connectivity index (χ0n) is 9.70. The lowest BCUT2D eigenvalue weighted by molar-refractivity contribution is -0.691. The summed E-state index contributed by atoms with van der Waals surface area (Å²) in [5.41, 5.74) is 0.631. The van der Waals surface area contributed by atoms with E-state index in [0.29, 0.717) is 31.7 Å². The average Bonchev–Trinajstić information content (AvgIpc) is 2.31. The fourth-order valence-corrected chi connectivity index (χ4v) is 2.73. The van der Waals surface area contributed by atoms with E-state index in [-0.39, 0.29) is 5.69 Å². The number of aliphatic hydroxyl groups excluding tert-OH is 2. The maximum atomic E-state index is 12.0. The van der Waals surface area contributed by atoms with E-state index in [0.717, 1.165) is 5.56 Å². The van der Waals surface area contributed by atoms with Crippen LogP contribution < -0.4 is 15.2 Å². The van der Waals surface area contributed by atoms with E-state index in [1.165, 1.54) is 4.57 Å². The summed E-state index contributed by atoms with van der Waals surface area (Å²) in [7, 11) is 1.68. The third-order valence-electron chi connectivity index (χ3n) is 3.62. The van der Waals surface area contributed by atoms with Gasteiger partial charge in [0.05, 0.1) is 18.7 Å². The molecule has 0 unspecified atom stereocenters. The number of aromatic nitrogens is 2. The van der Waals surface area contributed by atoms with Crippen LogP contribution >= 0.6 is 0 Å². The first-order valence-electron chi connectivity index (χ1n) is 5.85. The topological polar surface area (TPSA) is 69.6 Å². The molecule has 0 aliphatic carbocycles. The molecule has 3 rings (SSSR count). The van der Waals surface area contributed by atoms with Gasteiger partial charge >= 0.3 is 5.69 Å². The molecule has 3 heterocycles. The van der Waals surface area contributed by atoms with Crippen LogP contribution in [-0.4, -0.2) is 27.6 Å². The number of aryl methyl sites for hydroxylation is 1. The second-order valence-electron chi connectivity index (χ2n) is 4.72. The number of anilines is 1. The first-order valence-corrected chi connectivity index (χ1v) is 5.85. The van der Waals surface area contributed by atoms with Crippen LogP contribution in [0.4, 0.5) is 5.82 Å². The Morgan fingerprint density at radius 2 is 2.12 bits per heavy atom. The van der Waals surface area contributed by atoms with Crippen molar-refractivity contribution in [1.82, 2.24) is 4.57 Å². The second-order valence-corrected chi connectivity index (χ2v) is 4.72. The van der Waals surface area contributed by atoms with Gasteiger partial charge in [0.15, 0.2) is 0 Å². The molecule has 1 aromatic heterocycles. The minimum absolute atomic E-state index is 0.102. The molecule has 0 amide bonds. The van der Waals surface area contributed by atoms with Crippen LogP contribution in [0.5, 0.6) is 0 Å². The summed E-state index contributed by atoms with van der Waals surface area (Å²) in [6, 6.07) is 0. The number of hydrogen-bond acceptors (Lipinski definition) is 4. The minimum atomic E-state index is -0.551. The van der Waals surface area contributed by atoms with E-state index in [9.17, 15) is 15.0 Å². The van der Waals surface area contributed by atoms with Gasteiger partial charge in [0, 0.05) is 13.0 Å². The molecule has 92 valence electrons. The van der Waals surface area contributed by atoms with Crippen LogP contribution in [0.25, 0.3) is 0 Å². The highest BCUT2D eigenvalue weighted by Gasteiger charge is 2.38. The largest absolute Gasteiger partial charge is 0.499 e. The quantitative estimate of drug-likeness (QED) is 0.548. The Morgan fingerprint density at radius 3 is 2.88 bits per heavy atom. The monoisotopic (exact) mass is 238 g/mol. The first kappa shape index (κ1) is 10.7. The molecule has 0 saturated heterocycles. The summed E-state index contributed by atoms with van der Waals surface area (Å²) in [4.78, 5) is 13.8. The smallest absolute Gasteiger partial charge is 0.388 e. The molecule has 6 heteroatoms. The molecule has 1 aromatic rings. The third kappa shape index (κ3) is 1.41. The van der Waals surface area contributed by atoms with Crippen LogP contribution in [-0.2, 0) is 13.6 Å². The van der Waals surface area contributed by atoms with Crippen molar-refractivity contribution in [2.75, 3.05) is 11.4 Å². The predicted molar refractivity (Wildman–Crippen MR) is 59.4 cm³/mol. The lowest BCUT2D eigenvalue weighted by atomic mass is 10.0. The van der Waals surface area contributed by atoms with Gasteiger partial charge in [-0.2, -0.15) is 9.36 Å². The molecule has 0 bridgehead atoms. The van der Waals surface area contributed by atoms with Gasteiger partial charge in [-0.1, -0.05) is 0 Å². The lowest BCUT2D eigenvalue weighted by Crippen LogP contribution is -2.57. The molecule has 2 N–H and O–H groups in total. The van der Waals surface area contributed by atoms with Crippen molar-refractivity contribution < 1.29 is 14.8 Å². The van der Waals surface area contributed by atoms with Crippen molar-refractivity contribution in [3.63, 3.8) is 0 Å². The fraction of sp³-hybridized carbons (Fsp3) is 0.636. The standard InChI is InChI=1S/C11H16N3O3/c1-12-6-7-8(15)2-4-13-9(16)3-5-14(10(7)13)11(12)17/h6,8-9,15-16H,2-5H2,1H3/q+1/t8-,9-/m1/s1. The van der Waals surface area contributed by atoms with Crippen molar-refractivity contribution in [3.8, 4) is 0 Å². The summed E-state index contributed by atoms with van der Waals surface area (Å²) in [6.45, 7) is 1.09. The Kier molecular flexibility index (Phi) is 2.24. The van der Waals surface area contributed by atoms with Gasteiger partial charge in [-0.15, -0.1) is 0 Å². The van der Waals surface area contributed by atoms with Crippen LogP contribution in [0.15, 0.2) is 11.0 Å². The molecular weight excluding hydrogens is 222 g/mol. The van der Waals surface area contributed by atoms with Crippen LogP contribution in [0.2, 0.25) is 0 Å². The van der Waals surface area contributed by atoms with E-state index in [2.05, 4.69) is 0 Å². The fourth-order valence-electron chi connectivity index (χ4n) is 2.73. The zero-order valence-corrected chi connectivity index (χ0v) is 9.70. The number of aliphatic hydroxyl groups is 2. The van der Waals surface area contributed by atoms with Crippen LogP contribution in [0.1, 0.15) is 24.5 Å². The van der Waals surface area contributed by atoms with E-state index < -0.39 is 12.3 Å². The van der Waals surface area contributed by atoms with Gasteiger partial charge in [0.1, 0.15) is 19.0 Å². The molecular formula is C11H16N3O3+. The zero-order chi connectivity index (χ0) is 12.2. The minimum Gasteiger partial charge on any atom is -0.388 e. The first-order chi connectivity index (χ1) is 8.09. The Bertz CT molecular complexity index is 525. The second kappa shape index (κ2) is 3.54. The van der Waals surface area contributed by atoms with Crippen molar-refractivity contribution in [2.45, 2.75) is 31.7 Å².